The van der Waals surface area contributed by atoms with Crippen molar-refractivity contribution >= 4 is 21.6 Å². The number of benzene rings is 1. The van der Waals surface area contributed by atoms with Crippen molar-refractivity contribution in [2.24, 2.45) is 5.14 Å². The highest BCUT2D eigenvalue weighted by Crippen LogP contribution is 2.23. The fraction of sp³-hybridized carbons (Fsp3) is 0.250. The Labute approximate surface area is 126 Å². The van der Waals surface area contributed by atoms with Crippen LogP contribution in [-0.4, -0.2) is 18.2 Å². The highest BCUT2D eigenvalue weighted by molar-refractivity contribution is 7.89. The van der Waals surface area contributed by atoms with Crippen LogP contribution in [-0.2, 0) is 23.2 Å². The third-order valence-electron chi connectivity index (χ3n) is 2.79. The second kappa shape index (κ2) is 6.00. The monoisotopic (exact) mass is 333 g/mol. The van der Waals surface area contributed by atoms with E-state index in [0.717, 1.165) is 6.07 Å². The first-order valence-electron chi connectivity index (χ1n) is 5.98. The molecular weight excluding hydrogens is 321 g/mol. The maximum atomic E-state index is 13.8. The van der Waals surface area contributed by atoms with E-state index < -0.39 is 15.8 Å². The molecule has 0 fully saturated rings. The molecule has 0 aliphatic carbocycles. The quantitative estimate of drug-likeness (QED) is 0.905. The molecule has 0 atom stereocenters. The highest BCUT2D eigenvalue weighted by Gasteiger charge is 2.14. The van der Waals surface area contributed by atoms with Gasteiger partial charge in [-0.15, -0.1) is 0 Å². The van der Waals surface area contributed by atoms with E-state index in [4.69, 9.17) is 21.5 Å². The average molecular weight is 334 g/mol. The van der Waals surface area contributed by atoms with Crippen molar-refractivity contribution in [1.82, 2.24) is 9.78 Å². The lowest BCUT2D eigenvalue weighted by atomic mass is 10.3. The van der Waals surface area contributed by atoms with E-state index in [1.807, 2.05) is 6.92 Å². The number of rotatable bonds is 5. The molecule has 0 aliphatic rings. The Morgan fingerprint density at radius 1 is 1.48 bits per heavy atom. The molecule has 2 aromatic rings. The van der Waals surface area contributed by atoms with Crippen LogP contribution in [0, 0.1) is 5.82 Å². The molecule has 6 nitrogen and oxygen atoms in total. The molecule has 0 aliphatic heterocycles. The predicted molar refractivity (Wildman–Crippen MR) is 75.0 cm³/mol. The van der Waals surface area contributed by atoms with E-state index in [0.29, 0.717) is 17.3 Å². The highest BCUT2D eigenvalue weighted by atomic mass is 35.5. The molecule has 0 unspecified atom stereocenters. The van der Waals surface area contributed by atoms with Crippen molar-refractivity contribution in [2.45, 2.75) is 25.0 Å². The molecule has 0 spiro atoms. The zero-order valence-electron chi connectivity index (χ0n) is 11.1. The molecule has 1 aromatic carbocycles. The fourth-order valence-corrected chi connectivity index (χ4v) is 2.45. The van der Waals surface area contributed by atoms with Gasteiger partial charge in [0.05, 0.1) is 21.8 Å². The Bertz CT molecular complexity index is 761. The third-order valence-corrected chi connectivity index (χ3v) is 4.02. The molecule has 0 radical (unpaired) electrons. The van der Waals surface area contributed by atoms with Gasteiger partial charge in [0, 0.05) is 6.54 Å². The molecule has 2 N–H and O–H groups in total. The number of aryl methyl sites for hydroxylation is 1. The maximum Gasteiger partial charge on any atom is 0.238 e. The van der Waals surface area contributed by atoms with Gasteiger partial charge in [-0.3, -0.25) is 4.68 Å². The minimum Gasteiger partial charge on any atom is -0.484 e. The van der Waals surface area contributed by atoms with E-state index in [1.165, 1.54) is 18.3 Å². The number of primary sulfonamides is 1. The van der Waals surface area contributed by atoms with Gasteiger partial charge in [0.15, 0.2) is 11.6 Å². The predicted octanol–water partition coefficient (Wildman–Crippen LogP) is 1.92. The summed E-state index contributed by atoms with van der Waals surface area (Å²) in [6, 6.07) is 3.19. The van der Waals surface area contributed by atoms with E-state index in [9.17, 15) is 12.8 Å². The Balaban J connectivity index is 2.19. The van der Waals surface area contributed by atoms with Crippen LogP contribution in [0.1, 0.15) is 12.6 Å². The van der Waals surface area contributed by atoms with E-state index in [1.54, 1.807) is 4.68 Å². The molecular formula is C12H13ClFN3O3S. The van der Waals surface area contributed by atoms with Crippen molar-refractivity contribution in [1.29, 1.82) is 0 Å². The lowest BCUT2D eigenvalue weighted by Gasteiger charge is -2.10. The van der Waals surface area contributed by atoms with Gasteiger partial charge < -0.3 is 4.74 Å². The van der Waals surface area contributed by atoms with Crippen LogP contribution in [0.4, 0.5) is 4.39 Å². The van der Waals surface area contributed by atoms with Crippen molar-refractivity contribution in [2.75, 3.05) is 0 Å². The first-order valence-corrected chi connectivity index (χ1v) is 7.90. The molecule has 9 heteroatoms. The second-order valence-electron chi connectivity index (χ2n) is 4.18. The minimum atomic E-state index is -3.95. The van der Waals surface area contributed by atoms with Crippen LogP contribution in [0.15, 0.2) is 29.3 Å². The van der Waals surface area contributed by atoms with Crippen molar-refractivity contribution < 1.29 is 17.5 Å². The van der Waals surface area contributed by atoms with Gasteiger partial charge in [-0.1, -0.05) is 11.6 Å². The molecule has 0 bridgehead atoms. The largest absolute Gasteiger partial charge is 0.484 e. The number of hydrogen-bond acceptors (Lipinski definition) is 4. The molecule has 0 saturated heterocycles. The molecule has 2 rings (SSSR count). The summed E-state index contributed by atoms with van der Waals surface area (Å²) < 4.78 is 43.0. The number of ether oxygens (including phenoxy) is 1. The van der Waals surface area contributed by atoms with Gasteiger partial charge >= 0.3 is 0 Å². The maximum absolute atomic E-state index is 13.8. The summed E-state index contributed by atoms with van der Waals surface area (Å²) in [4.78, 5) is -0.316. The summed E-state index contributed by atoms with van der Waals surface area (Å²) in [5, 5.41) is 9.37. The molecule has 0 amide bonds. The van der Waals surface area contributed by atoms with Crippen LogP contribution in [0.2, 0.25) is 5.02 Å². The number of aromatic nitrogens is 2. The number of nitrogens with two attached hydrogens (primary N) is 1. The van der Waals surface area contributed by atoms with Crippen LogP contribution >= 0.6 is 11.6 Å². The van der Waals surface area contributed by atoms with Crippen molar-refractivity contribution in [3.8, 4) is 5.75 Å². The zero-order valence-corrected chi connectivity index (χ0v) is 12.7. The Kier molecular flexibility index (Phi) is 4.50. The lowest BCUT2D eigenvalue weighted by molar-refractivity contribution is 0.278. The van der Waals surface area contributed by atoms with Crippen LogP contribution in [0.5, 0.6) is 5.75 Å². The number of hydrogen-bond donors (Lipinski definition) is 1. The first kappa shape index (κ1) is 15.7. The standard InChI is InChI=1S/C12H13ClFN3O3S/c1-2-17-11(9(13)6-16-17)7-20-12-4-3-8(5-10(12)14)21(15,18)19/h3-6H,2,7H2,1H3,(H2,15,18,19). The molecule has 21 heavy (non-hydrogen) atoms. The van der Waals surface area contributed by atoms with Crippen LogP contribution in [0.3, 0.4) is 0 Å². The van der Waals surface area contributed by atoms with E-state index >= 15 is 0 Å². The van der Waals surface area contributed by atoms with Gasteiger partial charge in [-0.2, -0.15) is 5.10 Å². The van der Waals surface area contributed by atoms with E-state index in [-0.39, 0.29) is 17.3 Å². The van der Waals surface area contributed by atoms with Crippen molar-refractivity contribution in [3.63, 3.8) is 0 Å². The average Bonchev–Trinajstić information content (AvgIpc) is 2.77. The van der Waals surface area contributed by atoms with Gasteiger partial charge in [0.1, 0.15) is 6.61 Å². The molecule has 114 valence electrons. The number of nitrogens with zero attached hydrogens (tertiary/aromatic N) is 2. The first-order chi connectivity index (χ1) is 9.82. The van der Waals surface area contributed by atoms with Gasteiger partial charge in [0.25, 0.3) is 0 Å². The van der Waals surface area contributed by atoms with Crippen molar-refractivity contribution in [3.05, 3.63) is 40.9 Å². The smallest absolute Gasteiger partial charge is 0.238 e. The zero-order chi connectivity index (χ0) is 15.6. The topological polar surface area (TPSA) is 87.2 Å². The molecule has 1 heterocycles. The SMILES string of the molecule is CCn1ncc(Cl)c1COc1ccc(S(N)(=O)=O)cc1F. The number of sulfonamides is 1. The second-order valence-corrected chi connectivity index (χ2v) is 6.15. The van der Waals surface area contributed by atoms with Gasteiger partial charge in [-0.25, -0.2) is 17.9 Å². The van der Waals surface area contributed by atoms with Crippen LogP contribution in [0.25, 0.3) is 0 Å². The summed E-state index contributed by atoms with van der Waals surface area (Å²) in [6.45, 7) is 2.49. The number of halogens is 2. The minimum absolute atomic E-state index is 0.0122. The Morgan fingerprint density at radius 3 is 2.76 bits per heavy atom. The Morgan fingerprint density at radius 2 is 2.19 bits per heavy atom. The van der Waals surface area contributed by atoms with Crippen LogP contribution < -0.4 is 9.88 Å². The van der Waals surface area contributed by atoms with E-state index in [2.05, 4.69) is 5.10 Å². The summed E-state index contributed by atoms with van der Waals surface area (Å²) in [7, 11) is -3.95. The van der Waals surface area contributed by atoms with Gasteiger partial charge in [-0.05, 0) is 25.1 Å². The third kappa shape index (κ3) is 3.52. The summed E-state index contributed by atoms with van der Waals surface area (Å²) in [5.74, 6) is -0.914. The summed E-state index contributed by atoms with van der Waals surface area (Å²) >= 11 is 5.96. The Hall–Kier alpha value is -1.64. The summed E-state index contributed by atoms with van der Waals surface area (Å²) in [5.41, 5.74) is 0.606. The molecule has 0 saturated carbocycles. The normalized spacial score (nSPS) is 11.6. The summed E-state index contributed by atoms with van der Waals surface area (Å²) in [6.07, 6.45) is 1.48. The van der Waals surface area contributed by atoms with Gasteiger partial charge in [0.2, 0.25) is 10.0 Å². The molecule has 1 aromatic heterocycles. The fourth-order valence-electron chi connectivity index (χ4n) is 1.73. The lowest BCUT2D eigenvalue weighted by Crippen LogP contribution is -2.12.